The van der Waals surface area contributed by atoms with Crippen LogP contribution in [0.3, 0.4) is 0 Å². The van der Waals surface area contributed by atoms with Gasteiger partial charge in [0, 0.05) is 65.0 Å². The zero-order valence-electron chi connectivity index (χ0n) is 17.8. The molecule has 6 rings (SSSR count). The zero-order valence-corrected chi connectivity index (χ0v) is 17.8. The molecule has 0 amide bonds. The van der Waals surface area contributed by atoms with Crippen LogP contribution in [0, 0.1) is 0 Å². The van der Waals surface area contributed by atoms with E-state index in [1.54, 1.807) is 0 Å². The van der Waals surface area contributed by atoms with Crippen LogP contribution in [-0.4, -0.2) is 36.4 Å². The lowest BCUT2D eigenvalue weighted by molar-refractivity contribution is 0.535. The van der Waals surface area contributed by atoms with Crippen LogP contribution in [-0.2, 0) is 0 Å². The molecule has 158 valence electrons. The van der Waals surface area contributed by atoms with Crippen molar-refractivity contribution in [3.8, 4) is 11.4 Å². The lowest BCUT2D eigenvalue weighted by Crippen LogP contribution is -2.21. The van der Waals surface area contributed by atoms with Crippen molar-refractivity contribution in [2.45, 2.75) is 25.2 Å². The van der Waals surface area contributed by atoms with Gasteiger partial charge in [-0.15, -0.1) is 6.58 Å². The Hall–Kier alpha value is -3.93. The summed E-state index contributed by atoms with van der Waals surface area (Å²) in [6.07, 6.45) is 13.0. The maximum atomic E-state index is 5.07. The smallest absolute Gasteiger partial charge is 0.160 e. The number of hydrogen-bond acceptors (Lipinski definition) is 4. The summed E-state index contributed by atoms with van der Waals surface area (Å²) in [5, 5.41) is 1.03. The van der Waals surface area contributed by atoms with Crippen LogP contribution in [0.25, 0.3) is 33.7 Å². The van der Waals surface area contributed by atoms with Crippen molar-refractivity contribution < 1.29 is 0 Å². The number of nitrogens with one attached hydrogen (secondary N) is 2. The van der Waals surface area contributed by atoms with E-state index in [0.29, 0.717) is 5.92 Å². The second-order valence-electron chi connectivity index (χ2n) is 8.40. The van der Waals surface area contributed by atoms with E-state index in [1.165, 1.54) is 12.8 Å². The van der Waals surface area contributed by atoms with E-state index in [1.807, 2.05) is 36.8 Å². The average Bonchev–Trinajstić information content (AvgIpc) is 3.35. The molecule has 1 saturated carbocycles. The summed E-state index contributed by atoms with van der Waals surface area (Å²) in [6.45, 7) is 9.01. The van der Waals surface area contributed by atoms with Crippen molar-refractivity contribution in [2.24, 2.45) is 0 Å². The van der Waals surface area contributed by atoms with Crippen LogP contribution in [0.1, 0.15) is 47.8 Å². The summed E-state index contributed by atoms with van der Waals surface area (Å²) >= 11 is 0. The molecule has 1 aliphatic carbocycles. The molecular weight excluding hydrogens is 396 g/mol. The highest BCUT2D eigenvalue weighted by molar-refractivity contribution is 5.92. The first-order chi connectivity index (χ1) is 15.7. The monoisotopic (exact) mass is 420 g/mol. The van der Waals surface area contributed by atoms with Gasteiger partial charge in [0.25, 0.3) is 0 Å². The number of rotatable bonds is 6. The molecule has 4 aromatic rings. The minimum Gasteiger partial charge on any atom is -0.359 e. The maximum absolute atomic E-state index is 5.07. The number of H-pyrrole nitrogens is 2. The van der Waals surface area contributed by atoms with E-state index in [0.717, 1.165) is 69.3 Å². The highest BCUT2D eigenvalue weighted by atomic mass is 15.1. The fourth-order valence-corrected chi connectivity index (χ4v) is 4.38. The first-order valence-electron chi connectivity index (χ1n) is 11.0. The van der Waals surface area contributed by atoms with Crippen LogP contribution >= 0.6 is 0 Å². The van der Waals surface area contributed by atoms with Crippen LogP contribution in [0.2, 0.25) is 0 Å². The number of pyridine rings is 1. The van der Waals surface area contributed by atoms with Gasteiger partial charge in [0.15, 0.2) is 5.82 Å². The number of fused-ring (bicyclic) bond motifs is 2. The molecule has 1 fully saturated rings. The third kappa shape index (κ3) is 3.07. The Bertz CT molecular complexity index is 1380. The fourth-order valence-electron chi connectivity index (χ4n) is 4.38. The van der Waals surface area contributed by atoms with Crippen LogP contribution in [0.15, 0.2) is 68.3 Å². The van der Waals surface area contributed by atoms with Gasteiger partial charge in [-0.25, -0.2) is 15.0 Å². The molecule has 0 atom stereocenters. The topological polar surface area (TPSA) is 73.5 Å². The van der Waals surface area contributed by atoms with Gasteiger partial charge in [-0.3, -0.25) is 0 Å². The summed E-state index contributed by atoms with van der Waals surface area (Å²) < 4.78 is 0. The molecule has 6 heteroatoms. The Morgan fingerprint density at radius 1 is 1.09 bits per heavy atom. The molecule has 5 heterocycles. The Morgan fingerprint density at radius 2 is 1.97 bits per heavy atom. The highest BCUT2D eigenvalue weighted by Gasteiger charge is 2.29. The predicted molar refractivity (Wildman–Crippen MR) is 128 cm³/mol. The van der Waals surface area contributed by atoms with E-state index >= 15 is 0 Å². The number of hydrogen-bond donors (Lipinski definition) is 2. The van der Waals surface area contributed by atoms with E-state index in [2.05, 4.69) is 51.3 Å². The standard InChI is InChI=1S/C26H24N6/c1-3-4-13-32-15-21(18-7-10-27-24(18)16(32)2)23-14-22(17-5-6-17)30-26(31-23)20-9-12-29-25-19(20)8-11-28-25/h3,7-12,14-15,17,27H,1-2,4-6,13H2,(H,28,29). The quantitative estimate of drug-likeness (QED) is 0.405. The lowest BCUT2D eigenvalue weighted by Gasteiger charge is -2.29. The minimum atomic E-state index is 0.515. The fraction of sp³-hybridized carbons (Fsp3) is 0.192. The van der Waals surface area contributed by atoms with Crippen molar-refractivity contribution in [3.63, 3.8) is 0 Å². The van der Waals surface area contributed by atoms with E-state index in [4.69, 9.17) is 9.97 Å². The maximum Gasteiger partial charge on any atom is 0.160 e. The number of nitrogens with zero attached hydrogens (tertiary/aromatic N) is 4. The van der Waals surface area contributed by atoms with Crippen molar-refractivity contribution in [1.29, 1.82) is 0 Å². The Balaban J connectivity index is 1.53. The van der Waals surface area contributed by atoms with Gasteiger partial charge in [0.05, 0.1) is 17.1 Å². The van der Waals surface area contributed by atoms with Crippen LogP contribution < -0.4 is 0 Å². The third-order valence-electron chi connectivity index (χ3n) is 6.25. The highest BCUT2D eigenvalue weighted by Crippen LogP contribution is 2.42. The third-order valence-corrected chi connectivity index (χ3v) is 6.25. The Morgan fingerprint density at radius 3 is 2.81 bits per heavy atom. The van der Waals surface area contributed by atoms with Crippen molar-refractivity contribution in [2.75, 3.05) is 6.54 Å². The molecule has 0 aromatic carbocycles. The molecular formula is C26H24N6. The van der Waals surface area contributed by atoms with E-state index in [9.17, 15) is 0 Å². The summed E-state index contributed by atoms with van der Waals surface area (Å²) in [5.41, 5.74) is 8.12. The second kappa shape index (κ2) is 7.34. The molecule has 4 aromatic heterocycles. The average molecular weight is 421 g/mol. The van der Waals surface area contributed by atoms with Gasteiger partial charge in [-0.05, 0) is 43.5 Å². The largest absolute Gasteiger partial charge is 0.359 e. The summed E-state index contributed by atoms with van der Waals surface area (Å²) in [7, 11) is 0. The van der Waals surface area contributed by atoms with Gasteiger partial charge in [0.1, 0.15) is 5.65 Å². The molecule has 32 heavy (non-hydrogen) atoms. The predicted octanol–water partition coefficient (Wildman–Crippen LogP) is 5.48. The van der Waals surface area contributed by atoms with Crippen LogP contribution in [0.4, 0.5) is 0 Å². The number of aromatic nitrogens is 5. The van der Waals surface area contributed by atoms with Crippen molar-refractivity contribution in [1.82, 2.24) is 29.8 Å². The SMILES string of the molecule is C=CCCN1C=C(c2cc(C3CC3)nc(-c3ccnc4[nH]ccc34)n2)c2cc[nH]c2C1=C. The van der Waals surface area contributed by atoms with Gasteiger partial charge in [-0.2, -0.15) is 0 Å². The Labute approximate surface area is 186 Å². The molecule has 0 bridgehead atoms. The van der Waals surface area contributed by atoms with Crippen molar-refractivity contribution in [3.05, 3.63) is 90.9 Å². The zero-order chi connectivity index (χ0) is 21.7. The molecule has 6 nitrogen and oxygen atoms in total. The lowest BCUT2D eigenvalue weighted by atomic mass is 9.97. The normalized spacial score (nSPS) is 15.7. The second-order valence-corrected chi connectivity index (χ2v) is 8.40. The van der Waals surface area contributed by atoms with Gasteiger partial charge in [-0.1, -0.05) is 12.7 Å². The van der Waals surface area contributed by atoms with Crippen LogP contribution in [0.5, 0.6) is 0 Å². The first-order valence-corrected chi connectivity index (χ1v) is 11.0. The van der Waals surface area contributed by atoms with Gasteiger partial charge in [0.2, 0.25) is 0 Å². The van der Waals surface area contributed by atoms with Crippen molar-refractivity contribution >= 4 is 22.3 Å². The summed E-state index contributed by atoms with van der Waals surface area (Å²) in [6, 6.07) is 8.31. The minimum absolute atomic E-state index is 0.515. The molecule has 0 spiro atoms. The van der Waals surface area contributed by atoms with E-state index in [-0.39, 0.29) is 0 Å². The molecule has 0 radical (unpaired) electrons. The Kier molecular flexibility index (Phi) is 4.31. The molecule has 2 aliphatic rings. The molecule has 1 aliphatic heterocycles. The molecule has 0 unspecified atom stereocenters. The van der Waals surface area contributed by atoms with Gasteiger partial charge < -0.3 is 14.9 Å². The summed E-state index contributed by atoms with van der Waals surface area (Å²) in [4.78, 5) is 23.2. The summed E-state index contributed by atoms with van der Waals surface area (Å²) in [5.74, 6) is 1.26. The number of aromatic amines is 2. The van der Waals surface area contributed by atoms with Gasteiger partial charge >= 0.3 is 0 Å². The first kappa shape index (κ1) is 18.8. The molecule has 0 saturated heterocycles. The molecule has 2 N–H and O–H groups in total. The van der Waals surface area contributed by atoms with E-state index < -0.39 is 0 Å².